The lowest BCUT2D eigenvalue weighted by Gasteiger charge is -2.31. The third-order valence-electron chi connectivity index (χ3n) is 5.18. The molecule has 1 heterocycles. The second-order valence-corrected chi connectivity index (χ2v) is 8.14. The molecule has 1 saturated heterocycles. The molecule has 1 aliphatic heterocycles. The van der Waals surface area contributed by atoms with Gasteiger partial charge in [0.05, 0.1) is 25.4 Å². The molecule has 1 saturated carbocycles. The summed E-state index contributed by atoms with van der Waals surface area (Å²) in [5.41, 5.74) is 0. The molecule has 0 aromatic heterocycles. The molecule has 2 aliphatic rings. The summed E-state index contributed by atoms with van der Waals surface area (Å²) in [6.07, 6.45) is 4.89. The van der Waals surface area contributed by atoms with Crippen molar-refractivity contribution < 1.29 is 14.3 Å². The molecule has 1 amide bonds. The van der Waals surface area contributed by atoms with Crippen LogP contribution in [0.15, 0.2) is 4.99 Å². The van der Waals surface area contributed by atoms with E-state index in [-0.39, 0.29) is 42.5 Å². The van der Waals surface area contributed by atoms with Gasteiger partial charge in [-0.1, -0.05) is 0 Å². The Morgan fingerprint density at radius 3 is 2.45 bits per heavy atom. The summed E-state index contributed by atoms with van der Waals surface area (Å²) in [6.45, 7) is 9.64. The number of aliphatic imine (C=N–C) groups is 1. The maximum absolute atomic E-state index is 11.9. The number of carbonyl (C=O) groups is 1. The van der Waals surface area contributed by atoms with Gasteiger partial charge in [-0.15, -0.1) is 24.0 Å². The minimum Gasteiger partial charge on any atom is -0.379 e. The zero-order valence-electron chi connectivity index (χ0n) is 18.5. The van der Waals surface area contributed by atoms with Crippen molar-refractivity contribution >= 4 is 35.8 Å². The standard InChI is InChI=1S/C20H39N5O3.HI/c1-16(2)28-18-7-5-17(6-8-18)23-20(22-15-19(26)24(3)4)21-9-10-25-11-13-27-14-12-25;/h16-18H,5-15H2,1-4H3,(H2,21,22,23);1H. The number of nitrogens with zero attached hydrogens (tertiary/aromatic N) is 3. The molecule has 0 aromatic carbocycles. The maximum atomic E-state index is 11.9. The van der Waals surface area contributed by atoms with Crippen LogP contribution in [-0.2, 0) is 14.3 Å². The highest BCUT2D eigenvalue weighted by Crippen LogP contribution is 2.22. The summed E-state index contributed by atoms with van der Waals surface area (Å²) in [5, 5.41) is 6.94. The third-order valence-corrected chi connectivity index (χ3v) is 5.18. The van der Waals surface area contributed by atoms with Gasteiger partial charge in [0.2, 0.25) is 5.91 Å². The van der Waals surface area contributed by atoms with Gasteiger partial charge in [-0.2, -0.15) is 0 Å². The molecule has 2 N–H and O–H groups in total. The number of rotatable bonds is 8. The van der Waals surface area contributed by atoms with Gasteiger partial charge >= 0.3 is 0 Å². The number of likely N-dealkylation sites (N-methyl/N-ethyl adjacent to an activating group) is 1. The Kier molecular flexibility index (Phi) is 13.1. The van der Waals surface area contributed by atoms with E-state index >= 15 is 0 Å². The molecule has 8 nitrogen and oxygen atoms in total. The van der Waals surface area contributed by atoms with Gasteiger partial charge in [0.25, 0.3) is 0 Å². The predicted molar refractivity (Wildman–Crippen MR) is 127 cm³/mol. The van der Waals surface area contributed by atoms with E-state index in [0.717, 1.165) is 71.0 Å². The first-order valence-corrected chi connectivity index (χ1v) is 10.6. The first kappa shape index (κ1) is 26.4. The van der Waals surface area contributed by atoms with Crippen LogP contribution in [0.2, 0.25) is 0 Å². The number of ether oxygens (including phenoxy) is 2. The van der Waals surface area contributed by atoms with E-state index < -0.39 is 0 Å². The van der Waals surface area contributed by atoms with E-state index in [9.17, 15) is 4.79 Å². The Balaban J connectivity index is 0.00000420. The number of halogens is 1. The number of amides is 1. The van der Waals surface area contributed by atoms with Gasteiger partial charge in [-0.25, -0.2) is 4.99 Å². The fourth-order valence-electron chi connectivity index (χ4n) is 3.52. The summed E-state index contributed by atoms with van der Waals surface area (Å²) in [4.78, 5) is 20.4. The van der Waals surface area contributed by atoms with Gasteiger partial charge in [-0.3, -0.25) is 9.69 Å². The molecule has 0 atom stereocenters. The third kappa shape index (κ3) is 10.8. The smallest absolute Gasteiger partial charge is 0.243 e. The van der Waals surface area contributed by atoms with Gasteiger partial charge in [0.1, 0.15) is 6.54 Å². The van der Waals surface area contributed by atoms with Crippen molar-refractivity contribution in [3.05, 3.63) is 0 Å². The lowest BCUT2D eigenvalue weighted by atomic mass is 9.93. The SMILES string of the molecule is CC(C)OC1CCC(NC(=NCC(=O)N(C)C)NCCN2CCOCC2)CC1.I. The van der Waals surface area contributed by atoms with E-state index in [2.05, 4.69) is 34.4 Å². The molecule has 0 aromatic rings. The molecule has 0 radical (unpaired) electrons. The van der Waals surface area contributed by atoms with Gasteiger partial charge < -0.3 is 25.0 Å². The van der Waals surface area contributed by atoms with Crippen LogP contribution in [0.4, 0.5) is 0 Å². The monoisotopic (exact) mass is 525 g/mol. The van der Waals surface area contributed by atoms with Crippen LogP contribution >= 0.6 is 24.0 Å². The molecule has 9 heteroatoms. The lowest BCUT2D eigenvalue weighted by Crippen LogP contribution is -2.48. The average molecular weight is 525 g/mol. The van der Waals surface area contributed by atoms with Crippen molar-refractivity contribution in [3.8, 4) is 0 Å². The first-order valence-electron chi connectivity index (χ1n) is 10.6. The Morgan fingerprint density at radius 1 is 1.21 bits per heavy atom. The Hall–Kier alpha value is -0.650. The molecule has 170 valence electrons. The largest absolute Gasteiger partial charge is 0.379 e. The normalized spacial score (nSPS) is 23.4. The molecule has 2 fully saturated rings. The zero-order chi connectivity index (χ0) is 20.4. The molecule has 1 aliphatic carbocycles. The highest BCUT2D eigenvalue weighted by atomic mass is 127. The van der Waals surface area contributed by atoms with Crippen molar-refractivity contribution in [3.63, 3.8) is 0 Å². The number of hydrogen-bond acceptors (Lipinski definition) is 5. The van der Waals surface area contributed by atoms with Gasteiger partial charge in [0, 0.05) is 46.3 Å². The van der Waals surface area contributed by atoms with E-state index in [4.69, 9.17) is 9.47 Å². The number of hydrogen-bond donors (Lipinski definition) is 2. The number of guanidine groups is 1. The number of morpholine rings is 1. The minimum atomic E-state index is 0. The van der Waals surface area contributed by atoms with Crippen molar-refractivity contribution in [1.82, 2.24) is 20.4 Å². The Labute approximate surface area is 193 Å². The van der Waals surface area contributed by atoms with E-state index in [0.29, 0.717) is 12.1 Å². The first-order chi connectivity index (χ1) is 13.4. The van der Waals surface area contributed by atoms with E-state index in [1.807, 2.05) is 0 Å². The molecule has 0 spiro atoms. The molecular weight excluding hydrogens is 485 g/mol. The molecule has 0 bridgehead atoms. The molecule has 0 unspecified atom stereocenters. The van der Waals surface area contributed by atoms with Crippen LogP contribution in [-0.4, -0.2) is 99.9 Å². The molecule has 29 heavy (non-hydrogen) atoms. The highest BCUT2D eigenvalue weighted by Gasteiger charge is 2.23. The lowest BCUT2D eigenvalue weighted by molar-refractivity contribution is -0.127. The molecular formula is C20H40IN5O3. The topological polar surface area (TPSA) is 78.4 Å². The van der Waals surface area contributed by atoms with E-state index in [1.165, 1.54) is 0 Å². The van der Waals surface area contributed by atoms with E-state index in [1.54, 1.807) is 19.0 Å². The van der Waals surface area contributed by atoms with Crippen molar-refractivity contribution in [2.75, 3.05) is 60.0 Å². The van der Waals surface area contributed by atoms with Crippen molar-refractivity contribution in [2.24, 2.45) is 4.99 Å². The second kappa shape index (κ2) is 14.4. The summed E-state index contributed by atoms with van der Waals surface area (Å²) in [5.74, 6) is 0.736. The van der Waals surface area contributed by atoms with Crippen LogP contribution in [0.5, 0.6) is 0 Å². The average Bonchev–Trinajstić information content (AvgIpc) is 2.67. The molecule has 2 rings (SSSR count). The van der Waals surface area contributed by atoms with Crippen LogP contribution in [0.1, 0.15) is 39.5 Å². The number of carbonyl (C=O) groups excluding carboxylic acids is 1. The Bertz CT molecular complexity index is 491. The Morgan fingerprint density at radius 2 is 1.86 bits per heavy atom. The summed E-state index contributed by atoms with van der Waals surface area (Å²) < 4.78 is 11.3. The highest BCUT2D eigenvalue weighted by molar-refractivity contribution is 14.0. The fraction of sp³-hybridized carbons (Fsp3) is 0.900. The number of nitrogens with one attached hydrogen (secondary N) is 2. The predicted octanol–water partition coefficient (Wildman–Crippen LogP) is 1.30. The summed E-state index contributed by atoms with van der Waals surface area (Å²) >= 11 is 0. The minimum absolute atomic E-state index is 0. The summed E-state index contributed by atoms with van der Waals surface area (Å²) in [7, 11) is 3.51. The van der Waals surface area contributed by atoms with Crippen molar-refractivity contribution in [2.45, 2.75) is 57.8 Å². The van der Waals surface area contributed by atoms with Gasteiger partial charge in [-0.05, 0) is 39.5 Å². The van der Waals surface area contributed by atoms with Crippen molar-refractivity contribution in [1.29, 1.82) is 0 Å². The van der Waals surface area contributed by atoms with Crippen LogP contribution in [0, 0.1) is 0 Å². The quantitative estimate of drug-likeness (QED) is 0.283. The summed E-state index contributed by atoms with van der Waals surface area (Å²) in [6, 6.07) is 0.371. The second-order valence-electron chi connectivity index (χ2n) is 8.14. The zero-order valence-corrected chi connectivity index (χ0v) is 20.8. The maximum Gasteiger partial charge on any atom is 0.243 e. The fourth-order valence-corrected chi connectivity index (χ4v) is 3.52. The van der Waals surface area contributed by atoms with Crippen LogP contribution < -0.4 is 10.6 Å². The van der Waals surface area contributed by atoms with Crippen LogP contribution in [0.25, 0.3) is 0 Å². The van der Waals surface area contributed by atoms with Gasteiger partial charge in [0.15, 0.2) is 5.96 Å². The van der Waals surface area contributed by atoms with Crippen LogP contribution in [0.3, 0.4) is 0 Å².